The molecule has 0 amide bonds. The molecule has 2 rings (SSSR count). The standard InChI is InChI=1S/C15H11IO3/c16-12-9-10(6-8-15(12)19)5-7-14(18)11-3-1-2-4-13(11)17/h1-9,17,19H/b7-5+. The summed E-state index contributed by atoms with van der Waals surface area (Å²) in [6.07, 6.45) is 3.05. The van der Waals surface area contributed by atoms with Crippen molar-refractivity contribution >= 4 is 34.5 Å². The van der Waals surface area contributed by atoms with Gasteiger partial charge in [0.1, 0.15) is 11.5 Å². The van der Waals surface area contributed by atoms with Gasteiger partial charge < -0.3 is 10.2 Å². The van der Waals surface area contributed by atoms with Gasteiger partial charge in [-0.05, 0) is 58.5 Å². The van der Waals surface area contributed by atoms with Crippen LogP contribution in [0.4, 0.5) is 0 Å². The second kappa shape index (κ2) is 5.88. The predicted molar refractivity (Wildman–Crippen MR) is 82.3 cm³/mol. The monoisotopic (exact) mass is 366 g/mol. The van der Waals surface area contributed by atoms with Crippen molar-refractivity contribution in [3.05, 3.63) is 63.2 Å². The minimum atomic E-state index is -0.263. The molecule has 0 spiro atoms. The van der Waals surface area contributed by atoms with E-state index in [0.29, 0.717) is 0 Å². The molecule has 2 N–H and O–H groups in total. The van der Waals surface area contributed by atoms with Gasteiger partial charge in [-0.25, -0.2) is 0 Å². The molecule has 0 aromatic heterocycles. The number of para-hydroxylation sites is 1. The van der Waals surface area contributed by atoms with Crippen LogP contribution in [-0.2, 0) is 0 Å². The van der Waals surface area contributed by atoms with Gasteiger partial charge in [-0.15, -0.1) is 0 Å². The van der Waals surface area contributed by atoms with Gasteiger partial charge >= 0.3 is 0 Å². The molecule has 0 saturated heterocycles. The molecule has 0 aliphatic heterocycles. The summed E-state index contributed by atoms with van der Waals surface area (Å²) in [5.74, 6) is -0.0802. The van der Waals surface area contributed by atoms with E-state index < -0.39 is 0 Å². The lowest BCUT2D eigenvalue weighted by atomic mass is 10.1. The van der Waals surface area contributed by atoms with Crippen molar-refractivity contribution in [2.24, 2.45) is 0 Å². The molecule has 0 aliphatic rings. The molecule has 96 valence electrons. The maximum atomic E-state index is 11.9. The minimum Gasteiger partial charge on any atom is -0.507 e. The van der Waals surface area contributed by atoms with E-state index in [1.54, 1.807) is 42.5 Å². The highest BCUT2D eigenvalue weighted by atomic mass is 127. The Morgan fingerprint density at radius 1 is 1.05 bits per heavy atom. The van der Waals surface area contributed by atoms with E-state index in [0.717, 1.165) is 9.13 Å². The highest BCUT2D eigenvalue weighted by Crippen LogP contribution is 2.21. The lowest BCUT2D eigenvalue weighted by Gasteiger charge is -2.00. The first-order valence-corrected chi connectivity index (χ1v) is 6.65. The topological polar surface area (TPSA) is 57.5 Å². The number of halogens is 1. The van der Waals surface area contributed by atoms with Gasteiger partial charge in [-0.2, -0.15) is 0 Å². The second-order valence-corrected chi connectivity index (χ2v) is 5.09. The van der Waals surface area contributed by atoms with Gasteiger partial charge in [-0.3, -0.25) is 4.79 Å². The Bertz CT molecular complexity index is 648. The van der Waals surface area contributed by atoms with Crippen LogP contribution in [0.25, 0.3) is 6.08 Å². The van der Waals surface area contributed by atoms with Gasteiger partial charge in [0.15, 0.2) is 5.78 Å². The third-order valence-corrected chi connectivity index (χ3v) is 3.43. The molecule has 2 aromatic rings. The number of hydrogen-bond acceptors (Lipinski definition) is 3. The number of phenolic OH excluding ortho intramolecular Hbond substituents is 2. The number of allylic oxidation sites excluding steroid dienone is 1. The highest BCUT2D eigenvalue weighted by molar-refractivity contribution is 14.1. The summed E-state index contributed by atoms with van der Waals surface area (Å²) in [4.78, 5) is 11.9. The maximum absolute atomic E-state index is 11.9. The number of aromatic hydroxyl groups is 2. The summed E-state index contributed by atoms with van der Waals surface area (Å²) in [5, 5.41) is 19.0. The first-order chi connectivity index (χ1) is 9.08. The zero-order chi connectivity index (χ0) is 13.8. The smallest absolute Gasteiger partial charge is 0.189 e. The summed E-state index contributed by atoms with van der Waals surface area (Å²) in [6.45, 7) is 0. The molecule has 0 unspecified atom stereocenters. The van der Waals surface area contributed by atoms with Crippen LogP contribution in [-0.4, -0.2) is 16.0 Å². The molecule has 0 saturated carbocycles. The number of ketones is 1. The largest absolute Gasteiger partial charge is 0.507 e. The Kier molecular flexibility index (Phi) is 4.21. The van der Waals surface area contributed by atoms with Gasteiger partial charge in [0.25, 0.3) is 0 Å². The van der Waals surface area contributed by atoms with Gasteiger partial charge in [0, 0.05) is 0 Å². The van der Waals surface area contributed by atoms with Gasteiger partial charge in [0.2, 0.25) is 0 Å². The molecule has 0 radical (unpaired) electrons. The number of carbonyl (C=O) groups is 1. The molecule has 4 heteroatoms. The summed E-state index contributed by atoms with van der Waals surface area (Å²) in [7, 11) is 0. The van der Waals surface area contributed by atoms with Gasteiger partial charge in [0.05, 0.1) is 9.13 Å². The Balaban J connectivity index is 2.21. The zero-order valence-electron chi connectivity index (χ0n) is 9.88. The predicted octanol–water partition coefficient (Wildman–Crippen LogP) is 3.60. The Labute approximate surface area is 124 Å². The summed E-state index contributed by atoms with van der Waals surface area (Å²) < 4.78 is 0.717. The molecule has 0 fully saturated rings. The van der Waals surface area contributed by atoms with Crippen LogP contribution >= 0.6 is 22.6 Å². The van der Waals surface area contributed by atoms with Crippen LogP contribution in [0, 0.1) is 3.57 Å². The van der Waals surface area contributed by atoms with Crippen molar-refractivity contribution in [3.63, 3.8) is 0 Å². The van der Waals surface area contributed by atoms with Crippen LogP contribution in [0.5, 0.6) is 11.5 Å². The molecular weight excluding hydrogens is 355 g/mol. The maximum Gasteiger partial charge on any atom is 0.189 e. The van der Waals surface area contributed by atoms with E-state index >= 15 is 0 Å². The molecule has 0 atom stereocenters. The van der Waals surface area contributed by atoms with Gasteiger partial charge in [-0.1, -0.05) is 24.3 Å². The normalized spacial score (nSPS) is 10.8. The van der Waals surface area contributed by atoms with E-state index in [-0.39, 0.29) is 22.8 Å². The molecule has 0 bridgehead atoms. The summed E-state index contributed by atoms with van der Waals surface area (Å²) in [6, 6.07) is 11.5. The van der Waals surface area contributed by atoms with Crippen LogP contribution in [0.2, 0.25) is 0 Å². The first-order valence-electron chi connectivity index (χ1n) is 5.57. The summed E-state index contributed by atoms with van der Waals surface area (Å²) in [5.41, 5.74) is 1.08. The fourth-order valence-corrected chi connectivity index (χ4v) is 2.11. The van der Waals surface area contributed by atoms with Crippen molar-refractivity contribution in [1.82, 2.24) is 0 Å². The molecule has 2 aromatic carbocycles. The van der Waals surface area contributed by atoms with Crippen molar-refractivity contribution in [2.75, 3.05) is 0 Å². The molecule has 3 nitrogen and oxygen atoms in total. The van der Waals surface area contributed by atoms with Crippen LogP contribution in [0.1, 0.15) is 15.9 Å². The SMILES string of the molecule is O=C(/C=C/c1ccc(O)c(I)c1)c1ccccc1O. The van der Waals surface area contributed by atoms with Crippen molar-refractivity contribution in [1.29, 1.82) is 0 Å². The average Bonchev–Trinajstić information content (AvgIpc) is 2.40. The van der Waals surface area contributed by atoms with E-state index in [1.807, 2.05) is 22.6 Å². The van der Waals surface area contributed by atoms with E-state index in [1.165, 1.54) is 12.1 Å². The first kappa shape index (κ1) is 13.6. The lowest BCUT2D eigenvalue weighted by molar-refractivity contribution is 0.104. The van der Waals surface area contributed by atoms with E-state index in [9.17, 15) is 15.0 Å². The second-order valence-electron chi connectivity index (χ2n) is 3.93. The average molecular weight is 366 g/mol. The summed E-state index contributed by atoms with van der Waals surface area (Å²) >= 11 is 2.02. The number of rotatable bonds is 3. The molecule has 0 heterocycles. The number of hydrogen-bond donors (Lipinski definition) is 2. The Morgan fingerprint density at radius 3 is 2.47 bits per heavy atom. The molecule has 19 heavy (non-hydrogen) atoms. The van der Waals surface area contributed by atoms with Crippen LogP contribution in [0.3, 0.4) is 0 Å². The lowest BCUT2D eigenvalue weighted by Crippen LogP contribution is -1.94. The third kappa shape index (κ3) is 3.35. The Hall–Kier alpha value is -1.82. The zero-order valence-corrected chi connectivity index (χ0v) is 12.0. The minimum absolute atomic E-state index is 0.0302. The molecular formula is C15H11IO3. The quantitative estimate of drug-likeness (QED) is 0.496. The number of phenols is 2. The fraction of sp³-hybridized carbons (Fsp3) is 0. The number of benzene rings is 2. The fourth-order valence-electron chi connectivity index (χ4n) is 1.57. The van der Waals surface area contributed by atoms with Crippen LogP contribution < -0.4 is 0 Å². The van der Waals surface area contributed by atoms with E-state index in [2.05, 4.69) is 0 Å². The van der Waals surface area contributed by atoms with E-state index in [4.69, 9.17) is 0 Å². The van der Waals surface area contributed by atoms with Crippen molar-refractivity contribution in [2.45, 2.75) is 0 Å². The third-order valence-electron chi connectivity index (χ3n) is 2.57. The van der Waals surface area contributed by atoms with Crippen LogP contribution in [0.15, 0.2) is 48.5 Å². The highest BCUT2D eigenvalue weighted by Gasteiger charge is 2.06. The molecule has 0 aliphatic carbocycles. The number of carbonyl (C=O) groups excluding carboxylic acids is 1. The van der Waals surface area contributed by atoms with Crippen molar-refractivity contribution in [3.8, 4) is 11.5 Å². The Morgan fingerprint density at radius 2 is 1.79 bits per heavy atom. The van der Waals surface area contributed by atoms with Crippen molar-refractivity contribution < 1.29 is 15.0 Å².